The second-order valence-corrected chi connectivity index (χ2v) is 4.73. The fraction of sp³-hybridized carbons (Fsp3) is 0.917. The Labute approximate surface area is 92.8 Å². The molecule has 1 fully saturated rings. The first-order chi connectivity index (χ1) is 7.22. The van der Waals surface area contributed by atoms with Crippen molar-refractivity contribution in [3.8, 4) is 0 Å². The summed E-state index contributed by atoms with van der Waals surface area (Å²) in [7, 11) is 0. The van der Waals surface area contributed by atoms with Gasteiger partial charge in [0, 0.05) is 13.0 Å². The summed E-state index contributed by atoms with van der Waals surface area (Å²) in [6.07, 6.45) is 7.52. The number of amides is 1. The van der Waals surface area contributed by atoms with Crippen molar-refractivity contribution in [2.45, 2.75) is 51.9 Å². The zero-order valence-electron chi connectivity index (χ0n) is 9.85. The molecule has 0 aromatic carbocycles. The molecule has 1 aliphatic rings. The van der Waals surface area contributed by atoms with E-state index in [-0.39, 0.29) is 5.91 Å². The maximum Gasteiger partial charge on any atom is 0.220 e. The molecule has 0 saturated heterocycles. The van der Waals surface area contributed by atoms with Crippen LogP contribution < -0.4 is 11.1 Å². The zero-order chi connectivity index (χ0) is 11.1. The minimum Gasteiger partial charge on any atom is -0.356 e. The monoisotopic (exact) mass is 212 g/mol. The van der Waals surface area contributed by atoms with Gasteiger partial charge >= 0.3 is 0 Å². The lowest BCUT2D eigenvalue weighted by Crippen LogP contribution is -2.29. The second kappa shape index (κ2) is 6.11. The summed E-state index contributed by atoms with van der Waals surface area (Å²) in [6, 6.07) is 0. The van der Waals surface area contributed by atoms with Crippen LogP contribution in [0.2, 0.25) is 0 Å². The molecule has 0 unspecified atom stereocenters. The SMILES string of the molecule is CCC1(CNC(=O)CCCCCN)CC1. The maximum atomic E-state index is 11.5. The van der Waals surface area contributed by atoms with Crippen LogP contribution in [-0.2, 0) is 4.79 Å². The number of nitrogens with two attached hydrogens (primary N) is 1. The average molecular weight is 212 g/mol. The van der Waals surface area contributed by atoms with E-state index in [0.29, 0.717) is 11.8 Å². The highest BCUT2D eigenvalue weighted by Crippen LogP contribution is 2.47. The fourth-order valence-corrected chi connectivity index (χ4v) is 1.81. The van der Waals surface area contributed by atoms with Crippen molar-refractivity contribution in [2.24, 2.45) is 11.1 Å². The van der Waals surface area contributed by atoms with Crippen LogP contribution in [0.5, 0.6) is 0 Å². The van der Waals surface area contributed by atoms with E-state index >= 15 is 0 Å². The van der Waals surface area contributed by atoms with E-state index < -0.39 is 0 Å². The van der Waals surface area contributed by atoms with E-state index in [2.05, 4.69) is 12.2 Å². The Bertz CT molecular complexity index is 200. The molecule has 0 heterocycles. The lowest BCUT2D eigenvalue weighted by Gasteiger charge is -2.13. The molecule has 1 aliphatic carbocycles. The molecule has 3 N–H and O–H groups in total. The summed E-state index contributed by atoms with van der Waals surface area (Å²) in [5, 5.41) is 3.04. The van der Waals surface area contributed by atoms with Gasteiger partial charge in [-0.05, 0) is 44.1 Å². The molecule has 0 radical (unpaired) electrons. The number of carbonyl (C=O) groups is 1. The molecule has 0 bridgehead atoms. The van der Waals surface area contributed by atoms with Gasteiger partial charge in [0.05, 0.1) is 0 Å². The summed E-state index contributed by atoms with van der Waals surface area (Å²) in [5.74, 6) is 0.215. The molecule has 88 valence electrons. The summed E-state index contributed by atoms with van der Waals surface area (Å²) >= 11 is 0. The normalized spacial score (nSPS) is 17.5. The largest absolute Gasteiger partial charge is 0.356 e. The summed E-state index contributed by atoms with van der Waals surface area (Å²) < 4.78 is 0. The molecule has 15 heavy (non-hydrogen) atoms. The topological polar surface area (TPSA) is 55.1 Å². The van der Waals surface area contributed by atoms with Gasteiger partial charge in [0.15, 0.2) is 0 Å². The molecule has 1 saturated carbocycles. The number of hydrogen-bond acceptors (Lipinski definition) is 2. The third-order valence-electron chi connectivity index (χ3n) is 3.48. The number of hydrogen-bond donors (Lipinski definition) is 2. The van der Waals surface area contributed by atoms with Crippen molar-refractivity contribution in [1.82, 2.24) is 5.32 Å². The van der Waals surface area contributed by atoms with Gasteiger partial charge in [-0.3, -0.25) is 4.79 Å². The number of nitrogens with one attached hydrogen (secondary N) is 1. The molecule has 1 amide bonds. The zero-order valence-corrected chi connectivity index (χ0v) is 9.85. The Hall–Kier alpha value is -0.570. The van der Waals surface area contributed by atoms with Gasteiger partial charge in [-0.2, -0.15) is 0 Å². The first-order valence-corrected chi connectivity index (χ1v) is 6.19. The third kappa shape index (κ3) is 4.65. The summed E-state index contributed by atoms with van der Waals surface area (Å²) in [6.45, 7) is 3.83. The van der Waals surface area contributed by atoms with Crippen LogP contribution in [0, 0.1) is 5.41 Å². The molecule has 3 nitrogen and oxygen atoms in total. The maximum absolute atomic E-state index is 11.5. The van der Waals surface area contributed by atoms with Crippen molar-refractivity contribution in [1.29, 1.82) is 0 Å². The molecule has 0 atom stereocenters. The van der Waals surface area contributed by atoms with E-state index in [1.54, 1.807) is 0 Å². The lowest BCUT2D eigenvalue weighted by molar-refractivity contribution is -0.121. The van der Waals surface area contributed by atoms with Crippen molar-refractivity contribution in [2.75, 3.05) is 13.1 Å². The van der Waals surface area contributed by atoms with Crippen molar-refractivity contribution >= 4 is 5.91 Å². The predicted octanol–water partition coefficient (Wildman–Crippen LogP) is 1.81. The number of rotatable bonds is 8. The highest BCUT2D eigenvalue weighted by Gasteiger charge is 2.40. The van der Waals surface area contributed by atoms with E-state index in [9.17, 15) is 4.79 Å². The average Bonchev–Trinajstić information content (AvgIpc) is 3.02. The minimum atomic E-state index is 0.215. The lowest BCUT2D eigenvalue weighted by atomic mass is 10.0. The highest BCUT2D eigenvalue weighted by molar-refractivity contribution is 5.75. The van der Waals surface area contributed by atoms with E-state index in [1.807, 2.05) is 0 Å². The van der Waals surface area contributed by atoms with Gasteiger partial charge in [0.1, 0.15) is 0 Å². The van der Waals surface area contributed by atoms with Crippen LogP contribution >= 0.6 is 0 Å². The second-order valence-electron chi connectivity index (χ2n) is 4.73. The van der Waals surface area contributed by atoms with Crippen LogP contribution in [0.1, 0.15) is 51.9 Å². The van der Waals surface area contributed by atoms with Crippen molar-refractivity contribution in [3.05, 3.63) is 0 Å². The Morgan fingerprint density at radius 3 is 2.60 bits per heavy atom. The molecular formula is C12H24N2O. The number of carbonyl (C=O) groups excluding carboxylic acids is 1. The van der Waals surface area contributed by atoms with Crippen LogP contribution in [0.4, 0.5) is 0 Å². The third-order valence-corrected chi connectivity index (χ3v) is 3.48. The standard InChI is InChI=1S/C12H24N2O/c1-2-12(7-8-12)10-14-11(15)6-4-3-5-9-13/h2-10,13H2,1H3,(H,14,15). The van der Waals surface area contributed by atoms with Gasteiger partial charge in [0.25, 0.3) is 0 Å². The van der Waals surface area contributed by atoms with Crippen LogP contribution in [-0.4, -0.2) is 19.0 Å². The van der Waals surface area contributed by atoms with E-state index in [4.69, 9.17) is 5.73 Å². The van der Waals surface area contributed by atoms with E-state index in [0.717, 1.165) is 32.4 Å². The Morgan fingerprint density at radius 2 is 2.07 bits per heavy atom. The predicted molar refractivity (Wildman–Crippen MR) is 62.5 cm³/mol. The molecule has 0 aromatic heterocycles. The number of unbranched alkanes of at least 4 members (excludes halogenated alkanes) is 2. The van der Waals surface area contributed by atoms with Crippen LogP contribution in [0.3, 0.4) is 0 Å². The molecule has 0 spiro atoms. The fourth-order valence-electron chi connectivity index (χ4n) is 1.81. The molecule has 0 aliphatic heterocycles. The smallest absolute Gasteiger partial charge is 0.220 e. The van der Waals surface area contributed by atoms with Crippen LogP contribution in [0.15, 0.2) is 0 Å². The van der Waals surface area contributed by atoms with Gasteiger partial charge in [-0.25, -0.2) is 0 Å². The van der Waals surface area contributed by atoms with Gasteiger partial charge in [-0.15, -0.1) is 0 Å². The van der Waals surface area contributed by atoms with Gasteiger partial charge in [-0.1, -0.05) is 13.3 Å². The van der Waals surface area contributed by atoms with Crippen molar-refractivity contribution in [3.63, 3.8) is 0 Å². The highest BCUT2D eigenvalue weighted by atomic mass is 16.1. The minimum absolute atomic E-state index is 0.215. The van der Waals surface area contributed by atoms with E-state index in [1.165, 1.54) is 19.3 Å². The summed E-state index contributed by atoms with van der Waals surface area (Å²) in [4.78, 5) is 11.5. The quantitative estimate of drug-likeness (QED) is 0.603. The van der Waals surface area contributed by atoms with Gasteiger partial charge < -0.3 is 11.1 Å². The molecular weight excluding hydrogens is 188 g/mol. The molecule has 0 aromatic rings. The Balaban J connectivity index is 1.99. The first kappa shape index (κ1) is 12.5. The van der Waals surface area contributed by atoms with Crippen molar-refractivity contribution < 1.29 is 4.79 Å². The Kier molecular flexibility index (Phi) is 5.09. The summed E-state index contributed by atoms with van der Waals surface area (Å²) in [5.41, 5.74) is 5.85. The molecule has 1 rings (SSSR count). The van der Waals surface area contributed by atoms with Crippen LogP contribution in [0.25, 0.3) is 0 Å². The van der Waals surface area contributed by atoms with Gasteiger partial charge in [0.2, 0.25) is 5.91 Å². The Morgan fingerprint density at radius 1 is 1.33 bits per heavy atom. The first-order valence-electron chi connectivity index (χ1n) is 6.19. The molecule has 3 heteroatoms.